The molecular weight excluding hydrogens is 373 g/mol. The minimum atomic E-state index is 0.289. The van der Waals surface area contributed by atoms with Crippen molar-refractivity contribution >= 4 is 29.1 Å². The molecule has 2 saturated heterocycles. The summed E-state index contributed by atoms with van der Waals surface area (Å²) in [5, 5.41) is 1.20. The fraction of sp³-hybridized carbons (Fsp3) is 0.632. The molecule has 0 bridgehead atoms. The first-order valence-corrected chi connectivity index (χ1v) is 10.2. The number of ether oxygens (including phenoxy) is 1. The summed E-state index contributed by atoms with van der Waals surface area (Å²) in [6.07, 6.45) is 3.55. The second-order valence-corrected chi connectivity index (χ2v) is 7.83. The van der Waals surface area contributed by atoms with E-state index in [0.717, 1.165) is 58.7 Å². The second kappa shape index (κ2) is 9.79. The van der Waals surface area contributed by atoms with E-state index < -0.39 is 0 Å². The van der Waals surface area contributed by atoms with Crippen molar-refractivity contribution in [2.75, 3.05) is 59.0 Å². The monoisotopic (exact) mass is 399 g/mol. The van der Waals surface area contributed by atoms with Gasteiger partial charge in [-0.1, -0.05) is 23.2 Å². The molecule has 0 saturated carbocycles. The molecule has 2 fully saturated rings. The average molecular weight is 400 g/mol. The lowest BCUT2D eigenvalue weighted by molar-refractivity contribution is -0.133. The molecule has 1 aromatic carbocycles. The summed E-state index contributed by atoms with van der Waals surface area (Å²) < 4.78 is 5.76. The van der Waals surface area contributed by atoms with Crippen molar-refractivity contribution < 1.29 is 9.53 Å². The molecule has 0 aromatic heterocycles. The van der Waals surface area contributed by atoms with Crippen LogP contribution in [0.15, 0.2) is 18.2 Å². The van der Waals surface area contributed by atoms with Gasteiger partial charge in [0.1, 0.15) is 12.4 Å². The van der Waals surface area contributed by atoms with Gasteiger partial charge in [-0.2, -0.15) is 0 Å². The van der Waals surface area contributed by atoms with Crippen molar-refractivity contribution in [2.45, 2.75) is 19.3 Å². The van der Waals surface area contributed by atoms with Crippen LogP contribution < -0.4 is 4.74 Å². The molecule has 0 aliphatic carbocycles. The molecule has 7 heteroatoms. The Balaban J connectivity index is 1.34. The molecule has 0 unspecified atom stereocenters. The fourth-order valence-corrected chi connectivity index (χ4v) is 3.81. The van der Waals surface area contributed by atoms with Gasteiger partial charge in [0.05, 0.1) is 11.6 Å². The molecule has 1 aromatic rings. The van der Waals surface area contributed by atoms with E-state index in [2.05, 4.69) is 9.80 Å². The van der Waals surface area contributed by atoms with E-state index in [-0.39, 0.29) is 5.91 Å². The maximum Gasteiger partial charge on any atom is 0.236 e. The zero-order chi connectivity index (χ0) is 18.4. The molecule has 26 heavy (non-hydrogen) atoms. The molecular formula is C19H27Cl2N3O2. The third-order valence-electron chi connectivity index (χ3n) is 5.09. The first-order chi connectivity index (χ1) is 12.6. The van der Waals surface area contributed by atoms with Gasteiger partial charge in [-0.3, -0.25) is 14.6 Å². The molecule has 0 atom stereocenters. The van der Waals surface area contributed by atoms with Crippen LogP contribution in [-0.4, -0.2) is 79.6 Å². The lowest BCUT2D eigenvalue weighted by atomic mass is 10.1. The van der Waals surface area contributed by atoms with E-state index in [1.807, 2.05) is 4.90 Å². The number of carbonyl (C=O) groups excluding carboxylic acids is 1. The number of piperazine rings is 1. The van der Waals surface area contributed by atoms with Gasteiger partial charge in [0, 0.05) is 56.9 Å². The summed E-state index contributed by atoms with van der Waals surface area (Å²) in [5.74, 6) is 0.919. The number of piperidine rings is 1. The van der Waals surface area contributed by atoms with Gasteiger partial charge in [-0.15, -0.1) is 0 Å². The minimum Gasteiger partial charge on any atom is -0.491 e. The van der Waals surface area contributed by atoms with Crippen molar-refractivity contribution in [1.29, 1.82) is 0 Å². The van der Waals surface area contributed by atoms with Crippen molar-refractivity contribution in [1.82, 2.24) is 14.7 Å². The Morgan fingerprint density at radius 2 is 1.65 bits per heavy atom. The van der Waals surface area contributed by atoms with E-state index in [1.165, 1.54) is 6.42 Å². The molecule has 5 nitrogen and oxygen atoms in total. The Kier molecular flexibility index (Phi) is 7.43. The number of amides is 1. The first kappa shape index (κ1) is 19.7. The second-order valence-electron chi connectivity index (χ2n) is 6.98. The largest absolute Gasteiger partial charge is 0.491 e. The van der Waals surface area contributed by atoms with Crippen LogP contribution in [0.1, 0.15) is 19.3 Å². The molecule has 0 radical (unpaired) electrons. The number of rotatable bonds is 6. The standard InChI is InChI=1S/C19H27Cl2N3O2/c20-16-4-5-17(21)18(14-16)26-13-12-22-8-10-23(11-9-22)15-19(25)24-6-2-1-3-7-24/h4-5,14H,1-3,6-13,15H2. The van der Waals surface area contributed by atoms with Gasteiger partial charge in [0.2, 0.25) is 5.91 Å². The quantitative estimate of drug-likeness (QED) is 0.736. The molecule has 3 rings (SSSR count). The van der Waals surface area contributed by atoms with Crippen molar-refractivity contribution in [3.05, 3.63) is 28.2 Å². The summed E-state index contributed by atoms with van der Waals surface area (Å²) in [6, 6.07) is 5.24. The smallest absolute Gasteiger partial charge is 0.236 e. The van der Waals surface area contributed by atoms with Crippen LogP contribution in [-0.2, 0) is 4.79 Å². The van der Waals surface area contributed by atoms with E-state index >= 15 is 0 Å². The van der Waals surface area contributed by atoms with Crippen LogP contribution >= 0.6 is 23.2 Å². The molecule has 144 valence electrons. The highest BCUT2D eigenvalue weighted by molar-refractivity contribution is 6.34. The van der Waals surface area contributed by atoms with Crippen molar-refractivity contribution in [3.63, 3.8) is 0 Å². The lowest BCUT2D eigenvalue weighted by Crippen LogP contribution is -2.51. The van der Waals surface area contributed by atoms with Gasteiger partial charge >= 0.3 is 0 Å². The lowest BCUT2D eigenvalue weighted by Gasteiger charge is -2.36. The SMILES string of the molecule is O=C(CN1CCN(CCOc2cc(Cl)ccc2Cl)CC1)N1CCCCC1. The molecule has 0 N–H and O–H groups in total. The maximum absolute atomic E-state index is 12.4. The van der Waals surface area contributed by atoms with Crippen LogP contribution in [0.2, 0.25) is 10.0 Å². The normalized spacial score (nSPS) is 19.5. The molecule has 0 spiro atoms. The fourth-order valence-electron chi connectivity index (χ4n) is 3.48. The van der Waals surface area contributed by atoms with Crippen LogP contribution in [0, 0.1) is 0 Å². The Bertz CT molecular complexity index is 600. The van der Waals surface area contributed by atoms with Gasteiger partial charge in [-0.05, 0) is 31.4 Å². The Morgan fingerprint density at radius 1 is 0.962 bits per heavy atom. The van der Waals surface area contributed by atoms with Gasteiger partial charge < -0.3 is 9.64 Å². The molecule has 2 aliphatic rings. The van der Waals surface area contributed by atoms with Gasteiger partial charge in [0.15, 0.2) is 0 Å². The number of likely N-dealkylation sites (tertiary alicyclic amines) is 1. The Hall–Kier alpha value is -1.01. The van der Waals surface area contributed by atoms with E-state index in [0.29, 0.717) is 28.9 Å². The summed E-state index contributed by atoms with van der Waals surface area (Å²) in [4.78, 5) is 19.0. The Morgan fingerprint density at radius 3 is 2.38 bits per heavy atom. The summed E-state index contributed by atoms with van der Waals surface area (Å²) in [7, 11) is 0. The van der Waals surface area contributed by atoms with Gasteiger partial charge in [0.25, 0.3) is 0 Å². The topological polar surface area (TPSA) is 36.0 Å². The first-order valence-electron chi connectivity index (χ1n) is 9.42. The summed E-state index contributed by atoms with van der Waals surface area (Å²) in [5.41, 5.74) is 0. The molecule has 2 aliphatic heterocycles. The highest BCUT2D eigenvalue weighted by Gasteiger charge is 2.22. The molecule has 1 amide bonds. The predicted molar refractivity (Wildman–Crippen MR) is 105 cm³/mol. The van der Waals surface area contributed by atoms with Crippen LogP contribution in [0.3, 0.4) is 0 Å². The van der Waals surface area contributed by atoms with Crippen molar-refractivity contribution in [2.24, 2.45) is 0 Å². The van der Waals surface area contributed by atoms with Crippen LogP contribution in [0.25, 0.3) is 0 Å². The molecule has 2 heterocycles. The summed E-state index contributed by atoms with van der Waals surface area (Å²) in [6.45, 7) is 7.62. The average Bonchev–Trinajstić information content (AvgIpc) is 2.66. The van der Waals surface area contributed by atoms with E-state index in [1.54, 1.807) is 18.2 Å². The zero-order valence-electron chi connectivity index (χ0n) is 15.1. The van der Waals surface area contributed by atoms with Gasteiger partial charge in [-0.25, -0.2) is 0 Å². The van der Waals surface area contributed by atoms with Crippen molar-refractivity contribution in [3.8, 4) is 5.75 Å². The van der Waals surface area contributed by atoms with E-state index in [4.69, 9.17) is 27.9 Å². The highest BCUT2D eigenvalue weighted by Crippen LogP contribution is 2.27. The number of hydrogen-bond acceptors (Lipinski definition) is 4. The number of hydrogen-bond donors (Lipinski definition) is 0. The third kappa shape index (κ3) is 5.74. The minimum absolute atomic E-state index is 0.289. The van der Waals surface area contributed by atoms with Crippen LogP contribution in [0.5, 0.6) is 5.75 Å². The summed E-state index contributed by atoms with van der Waals surface area (Å²) >= 11 is 12.1. The number of halogens is 2. The highest BCUT2D eigenvalue weighted by atomic mass is 35.5. The predicted octanol–water partition coefficient (Wildman–Crippen LogP) is 3.00. The number of benzene rings is 1. The Labute approximate surface area is 165 Å². The zero-order valence-corrected chi connectivity index (χ0v) is 16.6. The number of nitrogens with zero attached hydrogens (tertiary/aromatic N) is 3. The number of carbonyl (C=O) groups is 1. The van der Waals surface area contributed by atoms with Crippen LogP contribution in [0.4, 0.5) is 0 Å². The third-order valence-corrected chi connectivity index (χ3v) is 5.64. The van der Waals surface area contributed by atoms with E-state index in [9.17, 15) is 4.79 Å². The maximum atomic E-state index is 12.4.